The molecule has 1 aliphatic rings. The molecule has 2 aromatic carbocycles. The number of nitrogens with one attached hydrogen (secondary N) is 2. The average molecular weight is 469 g/mol. The molecule has 3 N–H and O–H groups in total. The Morgan fingerprint density at radius 2 is 1.55 bits per heavy atom. The van der Waals surface area contributed by atoms with Gasteiger partial charge in [-0.25, -0.2) is 4.79 Å². The van der Waals surface area contributed by atoms with Crippen molar-refractivity contribution >= 4 is 30.4 Å². The minimum atomic E-state index is -1.11. The van der Waals surface area contributed by atoms with Crippen molar-refractivity contribution in [2.45, 2.75) is 62.8 Å². The Kier molecular flexibility index (Phi) is 8.19. The molecule has 2 amide bonds. The Morgan fingerprint density at radius 1 is 0.970 bits per heavy atom. The lowest BCUT2D eigenvalue weighted by atomic mass is 9.94. The molecule has 7 heteroatoms. The molecule has 2 atom stereocenters. The summed E-state index contributed by atoms with van der Waals surface area (Å²) in [5.74, 6) is -1.83. The largest absolute Gasteiger partial charge is 0.480 e. The SMILES string of the molecule is CC(C)[C@H](S)C(=O)NC1(C(=O)N[C@H](Cc2ccc(-c3ccccc3)cc2)C(=O)O)CCCC1. The summed E-state index contributed by atoms with van der Waals surface area (Å²) < 4.78 is 0. The third-order valence-electron chi connectivity index (χ3n) is 6.26. The first kappa shape index (κ1) is 24.8. The van der Waals surface area contributed by atoms with Gasteiger partial charge in [0.2, 0.25) is 11.8 Å². The second-order valence-corrected chi connectivity index (χ2v) is 9.66. The molecule has 1 fully saturated rings. The maximum Gasteiger partial charge on any atom is 0.326 e. The van der Waals surface area contributed by atoms with Crippen molar-refractivity contribution in [1.29, 1.82) is 0 Å². The van der Waals surface area contributed by atoms with Gasteiger partial charge in [0.1, 0.15) is 11.6 Å². The van der Waals surface area contributed by atoms with Gasteiger partial charge in [0.05, 0.1) is 5.25 Å². The van der Waals surface area contributed by atoms with E-state index in [0.29, 0.717) is 12.8 Å². The zero-order valence-corrected chi connectivity index (χ0v) is 20.0. The Bertz CT molecular complexity index is 970. The monoisotopic (exact) mass is 468 g/mol. The van der Waals surface area contributed by atoms with Crippen LogP contribution in [0.3, 0.4) is 0 Å². The molecule has 0 aliphatic heterocycles. The molecule has 0 radical (unpaired) electrons. The van der Waals surface area contributed by atoms with Crippen LogP contribution in [0, 0.1) is 5.92 Å². The van der Waals surface area contributed by atoms with Gasteiger partial charge in [-0.1, -0.05) is 81.3 Å². The van der Waals surface area contributed by atoms with E-state index in [1.54, 1.807) is 0 Å². The Labute approximate surface area is 200 Å². The highest BCUT2D eigenvalue weighted by atomic mass is 32.1. The Hall–Kier alpha value is -2.80. The quantitative estimate of drug-likeness (QED) is 0.421. The second-order valence-electron chi connectivity index (χ2n) is 9.10. The molecule has 33 heavy (non-hydrogen) atoms. The smallest absolute Gasteiger partial charge is 0.326 e. The molecule has 3 rings (SSSR count). The van der Waals surface area contributed by atoms with Gasteiger partial charge in [-0.15, -0.1) is 0 Å². The lowest BCUT2D eigenvalue weighted by Crippen LogP contribution is -2.61. The Morgan fingerprint density at radius 3 is 2.09 bits per heavy atom. The first-order valence-electron chi connectivity index (χ1n) is 11.4. The predicted octanol–water partition coefficient (Wildman–Crippen LogP) is 3.85. The van der Waals surface area contributed by atoms with Gasteiger partial charge in [0.15, 0.2) is 0 Å². The molecule has 2 aromatic rings. The van der Waals surface area contributed by atoms with Gasteiger partial charge >= 0.3 is 5.97 Å². The van der Waals surface area contributed by atoms with Crippen molar-refractivity contribution < 1.29 is 19.5 Å². The molecular formula is C26H32N2O4S. The summed E-state index contributed by atoms with van der Waals surface area (Å²) in [6.45, 7) is 3.78. The highest BCUT2D eigenvalue weighted by Crippen LogP contribution is 2.31. The van der Waals surface area contributed by atoms with Crippen LogP contribution in [0.5, 0.6) is 0 Å². The van der Waals surface area contributed by atoms with Crippen molar-refractivity contribution in [1.82, 2.24) is 10.6 Å². The number of carboxylic acid groups (broad SMARTS) is 1. The van der Waals surface area contributed by atoms with Crippen molar-refractivity contribution in [3.8, 4) is 11.1 Å². The van der Waals surface area contributed by atoms with Crippen LogP contribution in [0.2, 0.25) is 0 Å². The van der Waals surface area contributed by atoms with Crippen LogP contribution in [0.4, 0.5) is 0 Å². The molecule has 6 nitrogen and oxygen atoms in total. The number of aliphatic carboxylic acids is 1. The fraction of sp³-hybridized carbons (Fsp3) is 0.423. The van der Waals surface area contributed by atoms with Crippen LogP contribution >= 0.6 is 12.6 Å². The Balaban J connectivity index is 1.71. The van der Waals surface area contributed by atoms with Crippen molar-refractivity contribution in [2.75, 3.05) is 0 Å². The van der Waals surface area contributed by atoms with Gasteiger partial charge in [0.25, 0.3) is 0 Å². The molecule has 176 valence electrons. The molecule has 0 unspecified atom stereocenters. The van der Waals surface area contributed by atoms with Crippen molar-refractivity contribution in [3.05, 3.63) is 60.2 Å². The van der Waals surface area contributed by atoms with Crippen LogP contribution in [0.1, 0.15) is 45.1 Å². The van der Waals surface area contributed by atoms with Crippen LogP contribution in [-0.4, -0.2) is 39.7 Å². The number of hydrogen-bond acceptors (Lipinski definition) is 4. The standard InChI is InChI=1S/C26H32N2O4S/c1-17(2)22(33)23(29)28-26(14-6-7-15-26)25(32)27-21(24(30)31)16-18-10-12-20(13-11-18)19-8-4-3-5-9-19/h3-5,8-13,17,21-22,33H,6-7,14-16H2,1-2H3,(H,27,32)(H,28,29)(H,30,31)/t21-,22+/m1/s1. The summed E-state index contributed by atoms with van der Waals surface area (Å²) in [6.07, 6.45) is 2.72. The van der Waals surface area contributed by atoms with Crippen LogP contribution in [-0.2, 0) is 20.8 Å². The van der Waals surface area contributed by atoms with Crippen molar-refractivity contribution in [3.63, 3.8) is 0 Å². The minimum Gasteiger partial charge on any atom is -0.480 e. The first-order chi connectivity index (χ1) is 15.7. The zero-order chi connectivity index (χ0) is 24.0. The maximum absolute atomic E-state index is 13.2. The molecule has 1 saturated carbocycles. The van der Waals surface area contributed by atoms with Gasteiger partial charge in [-0.05, 0) is 35.4 Å². The van der Waals surface area contributed by atoms with E-state index in [1.165, 1.54) is 0 Å². The van der Waals surface area contributed by atoms with E-state index >= 15 is 0 Å². The second kappa shape index (κ2) is 10.9. The number of hydrogen-bond donors (Lipinski definition) is 4. The number of carbonyl (C=O) groups excluding carboxylic acids is 2. The number of rotatable bonds is 9. The highest BCUT2D eigenvalue weighted by Gasteiger charge is 2.44. The molecule has 0 bridgehead atoms. The van der Waals surface area contributed by atoms with E-state index in [4.69, 9.17) is 0 Å². The van der Waals surface area contributed by atoms with Gasteiger partial charge in [-0.2, -0.15) is 12.6 Å². The first-order valence-corrected chi connectivity index (χ1v) is 11.9. The van der Waals surface area contributed by atoms with Crippen LogP contribution < -0.4 is 10.6 Å². The summed E-state index contributed by atoms with van der Waals surface area (Å²) >= 11 is 4.36. The van der Waals surface area contributed by atoms with E-state index in [1.807, 2.05) is 68.4 Å². The molecular weight excluding hydrogens is 436 g/mol. The molecule has 0 saturated heterocycles. The fourth-order valence-corrected chi connectivity index (χ4v) is 4.26. The third kappa shape index (κ3) is 6.16. The van der Waals surface area contributed by atoms with Gasteiger partial charge < -0.3 is 15.7 Å². The van der Waals surface area contributed by atoms with Crippen molar-refractivity contribution in [2.24, 2.45) is 5.92 Å². The summed E-state index contributed by atoms with van der Waals surface area (Å²) in [4.78, 5) is 37.8. The number of amides is 2. The molecule has 0 spiro atoms. The normalized spacial score (nSPS) is 16.7. The highest BCUT2D eigenvalue weighted by molar-refractivity contribution is 7.81. The average Bonchev–Trinajstić information content (AvgIpc) is 3.28. The van der Waals surface area contributed by atoms with E-state index in [0.717, 1.165) is 29.5 Å². The van der Waals surface area contributed by atoms with Gasteiger partial charge in [-0.3, -0.25) is 9.59 Å². The van der Waals surface area contributed by atoms with Crippen LogP contribution in [0.15, 0.2) is 54.6 Å². The third-order valence-corrected chi connectivity index (χ3v) is 7.09. The minimum absolute atomic E-state index is 0.0143. The number of carboxylic acids is 1. The topological polar surface area (TPSA) is 95.5 Å². The number of thiol groups is 1. The van der Waals surface area contributed by atoms with E-state index in [2.05, 4.69) is 23.3 Å². The maximum atomic E-state index is 13.2. The number of benzene rings is 2. The molecule has 0 heterocycles. The zero-order valence-electron chi connectivity index (χ0n) is 19.1. The van der Waals surface area contributed by atoms with E-state index in [9.17, 15) is 19.5 Å². The fourth-order valence-electron chi connectivity index (χ4n) is 4.20. The summed E-state index contributed by atoms with van der Waals surface area (Å²) in [5, 5.41) is 14.8. The summed E-state index contributed by atoms with van der Waals surface area (Å²) in [6, 6.07) is 16.5. The summed E-state index contributed by atoms with van der Waals surface area (Å²) in [7, 11) is 0. The molecule has 1 aliphatic carbocycles. The van der Waals surface area contributed by atoms with E-state index in [-0.39, 0.29) is 18.2 Å². The summed E-state index contributed by atoms with van der Waals surface area (Å²) in [5.41, 5.74) is 1.84. The lowest BCUT2D eigenvalue weighted by Gasteiger charge is -2.32. The predicted molar refractivity (Wildman–Crippen MR) is 132 cm³/mol. The number of carbonyl (C=O) groups is 3. The van der Waals surface area contributed by atoms with E-state index < -0.39 is 28.7 Å². The molecule has 0 aromatic heterocycles. The van der Waals surface area contributed by atoms with Gasteiger partial charge in [0, 0.05) is 6.42 Å². The lowest BCUT2D eigenvalue weighted by molar-refractivity contribution is -0.143. The van der Waals surface area contributed by atoms with Crippen LogP contribution in [0.25, 0.3) is 11.1 Å².